The summed E-state index contributed by atoms with van der Waals surface area (Å²) in [4.78, 5) is 0. The van der Waals surface area contributed by atoms with Crippen LogP contribution in [-0.4, -0.2) is 28.3 Å². The van der Waals surface area contributed by atoms with Crippen LogP contribution >= 0.6 is 22.6 Å². The Hall–Kier alpha value is -0.130. The molecule has 0 aliphatic carbocycles. The Labute approximate surface area is 118 Å². The molecule has 1 aromatic rings. The molecule has 3 heteroatoms. The Morgan fingerprint density at radius 3 is 2.53 bits per heavy atom. The molecule has 0 saturated heterocycles. The number of hydrogen-bond acceptors (Lipinski definition) is 2. The van der Waals surface area contributed by atoms with Gasteiger partial charge in [-0.2, -0.15) is 0 Å². The maximum absolute atomic E-state index is 10.0. The Bertz CT molecular complexity index is 309. The topological polar surface area (TPSA) is 29.5 Å². The molecule has 0 unspecified atom stereocenters. The van der Waals surface area contributed by atoms with Gasteiger partial charge in [0.1, 0.15) is 0 Å². The summed E-state index contributed by atoms with van der Waals surface area (Å²) in [5.74, 6) is 0. The number of hydrogen-bond donors (Lipinski definition) is 1. The van der Waals surface area contributed by atoms with E-state index in [-0.39, 0.29) is 11.7 Å². The van der Waals surface area contributed by atoms with Crippen LogP contribution in [0.4, 0.5) is 0 Å². The van der Waals surface area contributed by atoms with E-state index in [1.807, 2.05) is 25.1 Å². The van der Waals surface area contributed by atoms with E-state index in [0.717, 1.165) is 17.3 Å². The molecule has 0 bridgehead atoms. The molecule has 2 nitrogen and oxygen atoms in total. The number of aliphatic hydroxyl groups is 1. The first-order valence-corrected chi connectivity index (χ1v) is 7.45. The number of rotatable bonds is 7. The molecule has 1 N–H and O–H groups in total. The summed E-state index contributed by atoms with van der Waals surface area (Å²) in [7, 11) is 1.71. The van der Waals surface area contributed by atoms with Crippen molar-refractivity contribution in [1.29, 1.82) is 0 Å². The van der Waals surface area contributed by atoms with Crippen LogP contribution in [0, 0.1) is 0 Å². The molecule has 0 amide bonds. The zero-order valence-corrected chi connectivity index (χ0v) is 12.7. The van der Waals surface area contributed by atoms with E-state index in [4.69, 9.17) is 4.74 Å². The van der Waals surface area contributed by atoms with Gasteiger partial charge in [-0.1, -0.05) is 52.9 Å². The largest absolute Gasteiger partial charge is 0.393 e. The summed E-state index contributed by atoms with van der Waals surface area (Å²) in [6.07, 6.45) is 2.11. The first-order chi connectivity index (χ1) is 8.09. The smallest absolute Gasteiger partial charge is 0.0764 e. The third-order valence-electron chi connectivity index (χ3n) is 3.05. The van der Waals surface area contributed by atoms with E-state index < -0.39 is 0 Å². The van der Waals surface area contributed by atoms with Crippen molar-refractivity contribution >= 4 is 22.6 Å². The summed E-state index contributed by atoms with van der Waals surface area (Å²) in [5, 5.41) is 10.0. The lowest BCUT2D eigenvalue weighted by Gasteiger charge is -2.28. The van der Waals surface area contributed by atoms with Crippen LogP contribution in [0.2, 0.25) is 0 Å². The number of methoxy groups -OCH3 is 1. The monoisotopic (exact) mass is 348 g/mol. The number of alkyl halides is 1. The second-order valence-corrected chi connectivity index (χ2v) is 5.43. The van der Waals surface area contributed by atoms with Crippen molar-refractivity contribution < 1.29 is 9.84 Å². The van der Waals surface area contributed by atoms with Gasteiger partial charge in [-0.25, -0.2) is 0 Å². The lowest BCUT2D eigenvalue weighted by molar-refractivity contribution is -0.0153. The van der Waals surface area contributed by atoms with Crippen LogP contribution in [0.5, 0.6) is 0 Å². The average molecular weight is 348 g/mol. The molecule has 0 aliphatic rings. The minimum absolute atomic E-state index is 0.212. The molecule has 0 heterocycles. The summed E-state index contributed by atoms with van der Waals surface area (Å²) in [6, 6.07) is 10.3. The van der Waals surface area contributed by atoms with Crippen LogP contribution in [0.15, 0.2) is 30.3 Å². The number of aliphatic hydroxyl groups excluding tert-OH is 1. The molecule has 0 aliphatic heterocycles. The van der Waals surface area contributed by atoms with E-state index >= 15 is 0 Å². The van der Waals surface area contributed by atoms with Crippen molar-refractivity contribution in [3.8, 4) is 0 Å². The average Bonchev–Trinajstić information content (AvgIpc) is 2.37. The predicted molar refractivity (Wildman–Crippen MR) is 79.7 cm³/mol. The van der Waals surface area contributed by atoms with Crippen molar-refractivity contribution in [3.63, 3.8) is 0 Å². The highest BCUT2D eigenvalue weighted by Crippen LogP contribution is 2.21. The fourth-order valence-electron chi connectivity index (χ4n) is 1.77. The van der Waals surface area contributed by atoms with Gasteiger partial charge in [-0.15, -0.1) is 0 Å². The molecular weight excluding hydrogens is 327 g/mol. The molecule has 0 radical (unpaired) electrons. The highest BCUT2D eigenvalue weighted by atomic mass is 127. The first kappa shape index (κ1) is 14.9. The Kier molecular flexibility index (Phi) is 6.44. The predicted octanol–water partition coefficient (Wildman–Crippen LogP) is 3.21. The summed E-state index contributed by atoms with van der Waals surface area (Å²) >= 11 is 2.30. The minimum atomic E-state index is -0.296. The van der Waals surface area contributed by atoms with Crippen LogP contribution in [0.25, 0.3) is 0 Å². The van der Waals surface area contributed by atoms with Crippen molar-refractivity contribution in [2.24, 2.45) is 0 Å². The molecular formula is C14H21IO2. The normalized spacial score (nSPS) is 16.5. The van der Waals surface area contributed by atoms with Gasteiger partial charge >= 0.3 is 0 Å². The Morgan fingerprint density at radius 1 is 1.35 bits per heavy atom. The number of aryl methyl sites for hydroxylation is 1. The van der Waals surface area contributed by atoms with Crippen molar-refractivity contribution in [2.75, 3.05) is 11.5 Å². The molecule has 96 valence electrons. The lowest BCUT2D eigenvalue weighted by atomic mass is 9.96. The SMILES string of the molecule is CO[C@@](C)(CI)C[C@H](O)CCc1ccccc1. The number of benzene rings is 1. The molecule has 2 atom stereocenters. The third-order valence-corrected chi connectivity index (χ3v) is 4.67. The summed E-state index contributed by atoms with van der Waals surface area (Å²) in [6.45, 7) is 2.05. The van der Waals surface area contributed by atoms with Crippen LogP contribution in [-0.2, 0) is 11.2 Å². The number of halogens is 1. The highest BCUT2D eigenvalue weighted by molar-refractivity contribution is 14.1. The zero-order valence-electron chi connectivity index (χ0n) is 10.5. The van der Waals surface area contributed by atoms with Gasteiger partial charge in [0.25, 0.3) is 0 Å². The van der Waals surface area contributed by atoms with Crippen molar-refractivity contribution in [2.45, 2.75) is 37.9 Å². The quantitative estimate of drug-likeness (QED) is 0.606. The summed E-state index contributed by atoms with van der Waals surface area (Å²) < 4.78 is 6.33. The fourth-order valence-corrected chi connectivity index (χ4v) is 2.39. The van der Waals surface area contributed by atoms with Crippen LogP contribution in [0.1, 0.15) is 25.3 Å². The molecule has 1 aromatic carbocycles. The minimum Gasteiger partial charge on any atom is -0.393 e. The van der Waals surface area contributed by atoms with Gasteiger partial charge in [0.05, 0.1) is 11.7 Å². The van der Waals surface area contributed by atoms with Gasteiger partial charge in [-0.05, 0) is 25.3 Å². The van der Waals surface area contributed by atoms with Gasteiger partial charge in [0, 0.05) is 18.0 Å². The van der Waals surface area contributed by atoms with Crippen LogP contribution in [0.3, 0.4) is 0 Å². The number of ether oxygens (including phenoxy) is 1. The fraction of sp³-hybridized carbons (Fsp3) is 0.571. The van der Waals surface area contributed by atoms with Crippen LogP contribution < -0.4 is 0 Å². The Morgan fingerprint density at radius 2 is 2.00 bits per heavy atom. The molecule has 0 saturated carbocycles. The lowest BCUT2D eigenvalue weighted by Crippen LogP contribution is -2.34. The van der Waals surface area contributed by atoms with Gasteiger partial charge in [0.2, 0.25) is 0 Å². The highest BCUT2D eigenvalue weighted by Gasteiger charge is 2.25. The van der Waals surface area contributed by atoms with Crippen molar-refractivity contribution in [3.05, 3.63) is 35.9 Å². The van der Waals surface area contributed by atoms with Gasteiger partial charge in [0.15, 0.2) is 0 Å². The van der Waals surface area contributed by atoms with Gasteiger partial charge < -0.3 is 9.84 Å². The first-order valence-electron chi connectivity index (χ1n) is 5.93. The van der Waals surface area contributed by atoms with Crippen molar-refractivity contribution in [1.82, 2.24) is 0 Å². The van der Waals surface area contributed by atoms with Gasteiger partial charge in [-0.3, -0.25) is 0 Å². The van der Waals surface area contributed by atoms with E-state index in [1.54, 1.807) is 7.11 Å². The van der Waals surface area contributed by atoms with E-state index in [2.05, 4.69) is 34.7 Å². The second kappa shape index (κ2) is 7.34. The zero-order chi connectivity index (χ0) is 12.7. The van der Waals surface area contributed by atoms with E-state index in [0.29, 0.717) is 6.42 Å². The summed E-state index contributed by atoms with van der Waals surface area (Å²) in [5.41, 5.74) is 1.07. The molecule has 0 fully saturated rings. The molecule has 1 rings (SSSR count). The Balaban J connectivity index is 2.37. The standard InChI is InChI=1S/C14H21IO2/c1-14(11-15,17-2)10-13(16)9-8-12-6-4-3-5-7-12/h3-7,13,16H,8-11H2,1-2H3/t13-,14-/m1/s1. The third kappa shape index (κ3) is 5.36. The van der Waals surface area contributed by atoms with E-state index in [9.17, 15) is 5.11 Å². The molecule has 17 heavy (non-hydrogen) atoms. The maximum Gasteiger partial charge on any atom is 0.0764 e. The maximum atomic E-state index is 10.0. The molecule has 0 spiro atoms. The molecule has 0 aromatic heterocycles. The second-order valence-electron chi connectivity index (χ2n) is 4.67. The van der Waals surface area contributed by atoms with E-state index in [1.165, 1.54) is 5.56 Å².